The van der Waals surface area contributed by atoms with Gasteiger partial charge in [0, 0.05) is 21.7 Å². The third-order valence-electron chi connectivity index (χ3n) is 2.21. The Labute approximate surface area is 174 Å². The van der Waals surface area contributed by atoms with Crippen LogP contribution in [0.1, 0.15) is 0 Å². The Kier molecular flexibility index (Phi) is 10.7. The van der Waals surface area contributed by atoms with Gasteiger partial charge in [0.2, 0.25) is 0 Å². The second-order valence-corrected chi connectivity index (χ2v) is 4.34. The van der Waals surface area contributed by atoms with Crippen molar-refractivity contribution in [1.29, 1.82) is 0 Å². The third kappa shape index (κ3) is 7.82. The maximum Gasteiger partial charge on any atom is 2.00 e. The molecule has 0 amide bonds. The molecular formula is C14H12BaN2O2S2. The van der Waals surface area contributed by atoms with Crippen molar-refractivity contribution in [3.63, 3.8) is 0 Å². The first-order chi connectivity index (χ1) is 9.52. The average Bonchev–Trinajstić information content (AvgIpc) is 2.40. The molecule has 0 atom stereocenters. The van der Waals surface area contributed by atoms with Crippen LogP contribution in [0.3, 0.4) is 0 Å². The van der Waals surface area contributed by atoms with Gasteiger partial charge in [-0.3, -0.25) is 0 Å². The predicted octanol–water partition coefficient (Wildman–Crippen LogP) is 0.679. The number of nitrogens with zero attached hydrogens (tertiary/aromatic N) is 1. The van der Waals surface area contributed by atoms with Crippen LogP contribution in [0.2, 0.25) is 0 Å². The SMILES string of the molecule is NC([O-])=S.[Ba+2].[O-]C(=S)N(c1ccccc1)c1ccccc1. The first kappa shape index (κ1) is 20.4. The molecule has 2 N–H and O–H groups in total. The zero-order valence-electron chi connectivity index (χ0n) is 11.1. The molecule has 104 valence electrons. The van der Waals surface area contributed by atoms with Gasteiger partial charge >= 0.3 is 48.9 Å². The Hall–Kier alpha value is -0.609. The fourth-order valence-electron chi connectivity index (χ4n) is 1.51. The van der Waals surface area contributed by atoms with Gasteiger partial charge in [-0.2, -0.15) is 0 Å². The van der Waals surface area contributed by atoms with Gasteiger partial charge in [0.25, 0.3) is 0 Å². The summed E-state index contributed by atoms with van der Waals surface area (Å²) in [5.41, 5.74) is 5.86. The molecule has 0 radical (unpaired) electrons. The average molecular weight is 442 g/mol. The molecule has 4 nitrogen and oxygen atoms in total. The minimum atomic E-state index is -0.750. The quantitative estimate of drug-likeness (QED) is 0.546. The summed E-state index contributed by atoms with van der Waals surface area (Å²) in [4.78, 5) is 1.51. The van der Waals surface area contributed by atoms with Crippen molar-refractivity contribution >= 4 is 95.0 Å². The molecule has 0 bridgehead atoms. The molecule has 2 rings (SSSR count). The van der Waals surface area contributed by atoms with Crippen LogP contribution in [-0.2, 0) is 0 Å². The van der Waals surface area contributed by atoms with E-state index >= 15 is 0 Å². The van der Waals surface area contributed by atoms with Gasteiger partial charge in [-0.25, -0.2) is 0 Å². The van der Waals surface area contributed by atoms with Crippen molar-refractivity contribution < 1.29 is 10.2 Å². The van der Waals surface area contributed by atoms with Crippen molar-refractivity contribution in [3.8, 4) is 0 Å². The molecule has 7 heteroatoms. The Morgan fingerprint density at radius 3 is 1.33 bits per heavy atom. The summed E-state index contributed by atoms with van der Waals surface area (Å²) >= 11 is 8.51. The molecule has 0 saturated heterocycles. The number of thiocarbonyl (C=S) groups is 2. The van der Waals surface area contributed by atoms with E-state index in [1.807, 2.05) is 60.7 Å². The Balaban J connectivity index is 0.000000715. The zero-order chi connectivity index (χ0) is 15.0. The summed E-state index contributed by atoms with van der Waals surface area (Å²) in [5.74, 6) is 0. The van der Waals surface area contributed by atoms with Crippen LogP contribution in [0.4, 0.5) is 11.4 Å². The van der Waals surface area contributed by atoms with Crippen LogP contribution >= 0.6 is 24.4 Å². The Morgan fingerprint density at radius 2 is 1.10 bits per heavy atom. The number of hydrogen-bond donors (Lipinski definition) is 1. The second-order valence-electron chi connectivity index (χ2n) is 3.59. The minimum Gasteiger partial charge on any atom is -0.852 e. The van der Waals surface area contributed by atoms with Gasteiger partial charge in [0.05, 0.1) is 0 Å². The van der Waals surface area contributed by atoms with E-state index in [0.717, 1.165) is 11.4 Å². The summed E-state index contributed by atoms with van der Waals surface area (Å²) in [7, 11) is 0. The molecule has 0 unspecified atom stereocenters. The van der Waals surface area contributed by atoms with Gasteiger partial charge < -0.3 is 20.8 Å². The van der Waals surface area contributed by atoms with Crippen LogP contribution in [0.25, 0.3) is 0 Å². The largest absolute Gasteiger partial charge is 2.00 e. The number of hydrogen-bond acceptors (Lipinski definition) is 4. The van der Waals surface area contributed by atoms with Crippen molar-refractivity contribution in [1.82, 2.24) is 0 Å². The Morgan fingerprint density at radius 1 is 0.810 bits per heavy atom. The maximum absolute atomic E-state index is 11.5. The summed E-state index contributed by atoms with van der Waals surface area (Å²) in [6.45, 7) is 0. The molecule has 0 aliphatic rings. The van der Waals surface area contributed by atoms with Gasteiger partial charge in [-0.1, -0.05) is 60.8 Å². The zero-order valence-corrected chi connectivity index (χ0v) is 17.2. The number of para-hydroxylation sites is 2. The molecule has 2 aromatic rings. The molecule has 21 heavy (non-hydrogen) atoms. The number of benzene rings is 2. The van der Waals surface area contributed by atoms with Gasteiger partial charge in [0.15, 0.2) is 0 Å². The van der Waals surface area contributed by atoms with Crippen molar-refractivity contribution in [2.24, 2.45) is 5.73 Å². The first-order valence-electron chi connectivity index (χ1n) is 5.60. The van der Waals surface area contributed by atoms with E-state index in [-0.39, 0.29) is 48.9 Å². The van der Waals surface area contributed by atoms with Crippen molar-refractivity contribution in [2.75, 3.05) is 4.90 Å². The normalized spacial score (nSPS) is 8.57. The van der Waals surface area contributed by atoms with Crippen LogP contribution in [-0.4, -0.2) is 59.2 Å². The van der Waals surface area contributed by atoms with E-state index < -0.39 is 10.3 Å². The molecule has 0 spiro atoms. The van der Waals surface area contributed by atoms with Gasteiger partial charge in [-0.05, 0) is 24.3 Å². The van der Waals surface area contributed by atoms with Crippen molar-refractivity contribution in [3.05, 3.63) is 60.7 Å². The smallest absolute Gasteiger partial charge is 0.852 e. The molecule has 0 aliphatic carbocycles. The summed E-state index contributed by atoms with van der Waals surface area (Å²) < 4.78 is 0. The monoisotopic (exact) mass is 442 g/mol. The van der Waals surface area contributed by atoms with Crippen LogP contribution in [0.15, 0.2) is 60.7 Å². The molecule has 0 fully saturated rings. The molecule has 0 saturated carbocycles. The molecule has 0 aromatic heterocycles. The molecule has 0 heterocycles. The number of anilines is 2. The second kappa shape index (κ2) is 11.0. The molecule has 0 aliphatic heterocycles. The Bertz CT molecular complexity index is 524. The maximum atomic E-state index is 11.5. The summed E-state index contributed by atoms with van der Waals surface area (Å²) in [5, 5.41) is 19.4. The van der Waals surface area contributed by atoms with Gasteiger partial charge in [-0.15, -0.1) is 0 Å². The predicted molar refractivity (Wildman–Crippen MR) is 90.2 cm³/mol. The summed E-state index contributed by atoms with van der Waals surface area (Å²) in [6.07, 6.45) is 0. The minimum absolute atomic E-state index is 0. The van der Waals surface area contributed by atoms with Gasteiger partial charge in [0.1, 0.15) is 0 Å². The molecular weight excluding hydrogens is 430 g/mol. The van der Waals surface area contributed by atoms with Crippen LogP contribution < -0.4 is 20.8 Å². The van der Waals surface area contributed by atoms with E-state index in [1.165, 1.54) is 4.90 Å². The van der Waals surface area contributed by atoms with Crippen LogP contribution in [0.5, 0.6) is 0 Å². The molecule has 2 aromatic carbocycles. The topological polar surface area (TPSA) is 75.4 Å². The first-order valence-corrected chi connectivity index (χ1v) is 6.41. The van der Waals surface area contributed by atoms with E-state index in [9.17, 15) is 5.11 Å². The van der Waals surface area contributed by atoms with Crippen molar-refractivity contribution in [2.45, 2.75) is 0 Å². The van der Waals surface area contributed by atoms with E-state index in [0.29, 0.717) is 0 Å². The number of nitrogens with two attached hydrogens (primary N) is 1. The van der Waals surface area contributed by atoms with Crippen LogP contribution in [0, 0.1) is 0 Å². The fourth-order valence-corrected chi connectivity index (χ4v) is 1.72. The van der Waals surface area contributed by atoms with E-state index in [1.54, 1.807) is 0 Å². The fraction of sp³-hybridized carbons (Fsp3) is 0. The van der Waals surface area contributed by atoms with E-state index in [2.05, 4.69) is 18.0 Å². The standard InChI is InChI=1S/C13H11NOS.CH3NOS.Ba/c15-13(16)14(11-7-3-1-4-8-11)12-9-5-2-6-10-12;2-1(3)4;/h1-10H,(H,15,16);(H3,2,3,4);/q;;+2/p-2. The summed E-state index contributed by atoms with van der Waals surface area (Å²) in [6, 6.07) is 18.8. The van der Waals surface area contributed by atoms with E-state index in [4.69, 9.17) is 17.3 Å². The number of rotatable bonds is 2. The third-order valence-corrected chi connectivity index (χ3v) is 2.39.